The fourth-order valence-electron chi connectivity index (χ4n) is 3.50. The Balaban J connectivity index is 1.99. The maximum atomic E-state index is 13.1. The van der Waals surface area contributed by atoms with Gasteiger partial charge in [-0.05, 0) is 18.4 Å². The Morgan fingerprint density at radius 3 is 2.60 bits per heavy atom. The lowest BCUT2D eigenvalue weighted by atomic mass is 9.89. The lowest BCUT2D eigenvalue weighted by Crippen LogP contribution is -2.55. The molecule has 1 fully saturated rings. The average Bonchev–Trinajstić information content (AvgIpc) is 3.08. The summed E-state index contributed by atoms with van der Waals surface area (Å²) < 4.78 is 0. The Bertz CT molecular complexity index is 749. The molecule has 0 unspecified atom stereocenters. The molecule has 2 aromatic rings. The molecular weight excluding hydrogens is 316 g/mol. The zero-order chi connectivity index (χ0) is 17.9. The first-order valence-electron chi connectivity index (χ1n) is 8.38. The number of likely N-dealkylation sites (N-methyl/N-ethyl adjacent to an activating group) is 1. The van der Waals surface area contributed by atoms with Crippen molar-refractivity contribution in [1.82, 2.24) is 19.8 Å². The number of aromatic nitrogens is 2. The van der Waals surface area contributed by atoms with Crippen LogP contribution in [0.2, 0.25) is 0 Å². The number of carbonyl (C=O) groups is 2. The van der Waals surface area contributed by atoms with Crippen LogP contribution in [-0.2, 0) is 21.5 Å². The van der Waals surface area contributed by atoms with E-state index >= 15 is 0 Å². The Labute approximate surface area is 147 Å². The molecule has 0 saturated carbocycles. The first-order valence-corrected chi connectivity index (χ1v) is 8.38. The van der Waals surface area contributed by atoms with E-state index in [1.165, 1.54) is 4.90 Å². The van der Waals surface area contributed by atoms with Crippen molar-refractivity contribution < 1.29 is 9.59 Å². The summed E-state index contributed by atoms with van der Waals surface area (Å²) in [4.78, 5) is 37.8. The van der Waals surface area contributed by atoms with Crippen LogP contribution in [0.3, 0.4) is 0 Å². The average molecular weight is 338 g/mol. The van der Waals surface area contributed by atoms with Crippen molar-refractivity contribution in [1.29, 1.82) is 0 Å². The molecule has 2 amide bonds. The third-order valence-electron chi connectivity index (χ3n) is 4.63. The standard InChI is InChI=1S/C19H22N4O2/c1-22(2)18(25)19(16-14-20-10-11-21-16)9-6-12-23(19)17(24)13-15-7-4-3-5-8-15/h3-5,7-8,10-11,14H,6,9,12-13H2,1-2H3/t19-/m1/s1. The number of hydrogen-bond acceptors (Lipinski definition) is 4. The van der Waals surface area contributed by atoms with E-state index in [0.717, 1.165) is 12.0 Å². The van der Waals surface area contributed by atoms with Crippen LogP contribution in [0.4, 0.5) is 0 Å². The first-order chi connectivity index (χ1) is 12.1. The van der Waals surface area contributed by atoms with Crippen molar-refractivity contribution in [2.45, 2.75) is 24.8 Å². The zero-order valence-electron chi connectivity index (χ0n) is 14.6. The predicted molar refractivity (Wildman–Crippen MR) is 93.5 cm³/mol. The number of hydrogen-bond donors (Lipinski definition) is 0. The van der Waals surface area contributed by atoms with Crippen molar-refractivity contribution in [3.8, 4) is 0 Å². The second-order valence-corrected chi connectivity index (χ2v) is 6.46. The highest BCUT2D eigenvalue weighted by Gasteiger charge is 2.52. The Morgan fingerprint density at radius 2 is 1.96 bits per heavy atom. The van der Waals surface area contributed by atoms with Gasteiger partial charge in [-0.25, -0.2) is 0 Å². The summed E-state index contributed by atoms with van der Waals surface area (Å²) in [6.45, 7) is 0.543. The largest absolute Gasteiger partial charge is 0.346 e. The van der Waals surface area contributed by atoms with Crippen LogP contribution in [-0.4, -0.2) is 52.2 Å². The number of benzene rings is 1. The molecule has 2 heterocycles. The molecule has 1 aliphatic heterocycles. The van der Waals surface area contributed by atoms with Crippen molar-refractivity contribution in [3.63, 3.8) is 0 Å². The van der Waals surface area contributed by atoms with Gasteiger partial charge in [0.05, 0.1) is 18.3 Å². The molecule has 1 aliphatic rings. The lowest BCUT2D eigenvalue weighted by molar-refractivity contribution is -0.150. The molecule has 3 rings (SSSR count). The van der Waals surface area contributed by atoms with Gasteiger partial charge in [0, 0.05) is 33.0 Å². The van der Waals surface area contributed by atoms with Gasteiger partial charge in [0.15, 0.2) is 5.54 Å². The van der Waals surface area contributed by atoms with Gasteiger partial charge in [-0.3, -0.25) is 19.6 Å². The van der Waals surface area contributed by atoms with Gasteiger partial charge in [-0.15, -0.1) is 0 Å². The summed E-state index contributed by atoms with van der Waals surface area (Å²) in [6, 6.07) is 9.59. The van der Waals surface area contributed by atoms with E-state index in [9.17, 15) is 9.59 Å². The summed E-state index contributed by atoms with van der Waals surface area (Å²) in [5.41, 5.74) is 0.404. The molecule has 1 atom stereocenters. The molecule has 1 aromatic heterocycles. The third-order valence-corrected chi connectivity index (χ3v) is 4.63. The number of carbonyl (C=O) groups excluding carboxylic acids is 2. The van der Waals surface area contributed by atoms with Crippen LogP contribution in [0.1, 0.15) is 24.1 Å². The molecule has 1 saturated heterocycles. The second kappa shape index (κ2) is 7.01. The molecule has 0 bridgehead atoms. The van der Waals surface area contributed by atoms with Gasteiger partial charge in [-0.2, -0.15) is 0 Å². The maximum absolute atomic E-state index is 13.1. The summed E-state index contributed by atoms with van der Waals surface area (Å²) in [5.74, 6) is -0.198. The highest BCUT2D eigenvalue weighted by molar-refractivity contribution is 5.93. The smallest absolute Gasteiger partial charge is 0.254 e. The minimum atomic E-state index is -1.07. The molecule has 6 nitrogen and oxygen atoms in total. The predicted octanol–water partition coefficient (Wildman–Crippen LogP) is 1.63. The van der Waals surface area contributed by atoms with Crippen LogP contribution in [0, 0.1) is 0 Å². The van der Waals surface area contributed by atoms with E-state index in [1.807, 2.05) is 30.3 Å². The van der Waals surface area contributed by atoms with Crippen molar-refractivity contribution in [2.75, 3.05) is 20.6 Å². The van der Waals surface area contributed by atoms with E-state index in [0.29, 0.717) is 18.7 Å². The van der Waals surface area contributed by atoms with Gasteiger partial charge in [0.1, 0.15) is 0 Å². The van der Waals surface area contributed by atoms with Crippen LogP contribution in [0.25, 0.3) is 0 Å². The molecule has 0 aliphatic carbocycles. The van der Waals surface area contributed by atoms with Crippen LogP contribution < -0.4 is 0 Å². The van der Waals surface area contributed by atoms with Gasteiger partial charge < -0.3 is 9.80 Å². The molecule has 1 aromatic carbocycles. The van der Waals surface area contributed by atoms with Crippen LogP contribution in [0.15, 0.2) is 48.9 Å². The molecule has 0 radical (unpaired) electrons. The highest BCUT2D eigenvalue weighted by Crippen LogP contribution is 2.39. The number of likely N-dealkylation sites (tertiary alicyclic amines) is 1. The first kappa shape index (κ1) is 17.1. The van der Waals surface area contributed by atoms with Crippen molar-refractivity contribution in [3.05, 3.63) is 60.2 Å². The molecule has 6 heteroatoms. The zero-order valence-corrected chi connectivity index (χ0v) is 14.6. The topological polar surface area (TPSA) is 66.4 Å². The normalized spacial score (nSPS) is 19.7. The summed E-state index contributed by atoms with van der Waals surface area (Å²) in [5, 5.41) is 0. The van der Waals surface area contributed by atoms with E-state index in [-0.39, 0.29) is 18.2 Å². The fourth-order valence-corrected chi connectivity index (χ4v) is 3.50. The van der Waals surface area contributed by atoms with E-state index in [4.69, 9.17) is 0 Å². The number of rotatable bonds is 4. The molecule has 0 N–H and O–H groups in total. The Morgan fingerprint density at radius 1 is 1.20 bits per heavy atom. The number of amides is 2. The quantitative estimate of drug-likeness (QED) is 0.850. The second-order valence-electron chi connectivity index (χ2n) is 6.46. The van der Waals surface area contributed by atoms with Gasteiger partial charge in [-0.1, -0.05) is 30.3 Å². The molecule has 130 valence electrons. The monoisotopic (exact) mass is 338 g/mol. The van der Waals surface area contributed by atoms with E-state index < -0.39 is 5.54 Å². The van der Waals surface area contributed by atoms with Gasteiger partial charge in [0.2, 0.25) is 5.91 Å². The summed E-state index contributed by atoms with van der Waals surface area (Å²) in [7, 11) is 3.41. The minimum absolute atomic E-state index is 0.0652. The summed E-state index contributed by atoms with van der Waals surface area (Å²) >= 11 is 0. The molecular formula is C19H22N4O2. The lowest BCUT2D eigenvalue weighted by Gasteiger charge is -2.38. The SMILES string of the molecule is CN(C)C(=O)[C@]1(c2cnccn2)CCCN1C(=O)Cc1ccccc1. The van der Waals surface area contributed by atoms with Gasteiger partial charge >= 0.3 is 0 Å². The third kappa shape index (κ3) is 3.12. The summed E-state index contributed by atoms with van der Waals surface area (Å²) in [6.07, 6.45) is 6.32. The van der Waals surface area contributed by atoms with Crippen molar-refractivity contribution in [2.24, 2.45) is 0 Å². The molecule has 25 heavy (non-hydrogen) atoms. The van der Waals surface area contributed by atoms with Crippen LogP contribution in [0.5, 0.6) is 0 Å². The Kier molecular flexibility index (Phi) is 4.79. The highest BCUT2D eigenvalue weighted by atomic mass is 16.2. The van der Waals surface area contributed by atoms with Crippen LogP contribution >= 0.6 is 0 Å². The minimum Gasteiger partial charge on any atom is -0.346 e. The Hall–Kier alpha value is -2.76. The maximum Gasteiger partial charge on any atom is 0.254 e. The van der Waals surface area contributed by atoms with E-state index in [1.54, 1.807) is 37.6 Å². The fraction of sp³-hybridized carbons (Fsp3) is 0.368. The molecule has 0 spiro atoms. The van der Waals surface area contributed by atoms with E-state index in [2.05, 4.69) is 9.97 Å². The van der Waals surface area contributed by atoms with Crippen molar-refractivity contribution >= 4 is 11.8 Å². The van der Waals surface area contributed by atoms with Gasteiger partial charge in [0.25, 0.3) is 5.91 Å². The number of nitrogens with zero attached hydrogens (tertiary/aromatic N) is 4.